The molecule has 0 unspecified atom stereocenters. The van der Waals surface area contributed by atoms with Gasteiger partial charge in [-0.1, -0.05) is 6.07 Å². The molecule has 0 aliphatic carbocycles. The summed E-state index contributed by atoms with van der Waals surface area (Å²) >= 11 is 0. The summed E-state index contributed by atoms with van der Waals surface area (Å²) in [5.74, 6) is 0.309. The summed E-state index contributed by atoms with van der Waals surface area (Å²) in [5.41, 5.74) is 0.281. The van der Waals surface area contributed by atoms with E-state index < -0.39 is 0 Å². The molecule has 0 aliphatic rings. The van der Waals surface area contributed by atoms with Crippen LogP contribution >= 0.6 is 0 Å². The summed E-state index contributed by atoms with van der Waals surface area (Å²) in [7, 11) is 0. The zero-order valence-corrected chi connectivity index (χ0v) is 14.3. The van der Waals surface area contributed by atoms with E-state index in [9.17, 15) is 5.11 Å². The van der Waals surface area contributed by atoms with Gasteiger partial charge in [0.15, 0.2) is 5.82 Å². The molecule has 0 saturated heterocycles. The van der Waals surface area contributed by atoms with Crippen LogP contribution in [0.5, 0.6) is 11.5 Å². The van der Waals surface area contributed by atoms with Crippen LogP contribution in [0.25, 0.3) is 0 Å². The minimum absolute atomic E-state index is 0. The largest absolute Gasteiger partial charge is 1.00 e. The van der Waals surface area contributed by atoms with Gasteiger partial charge in [-0.05, 0) is 24.3 Å². The van der Waals surface area contributed by atoms with E-state index in [0.29, 0.717) is 5.82 Å². The van der Waals surface area contributed by atoms with Crippen LogP contribution in [0.15, 0.2) is 52.8 Å². The molecule has 0 fully saturated rings. The van der Waals surface area contributed by atoms with Crippen LogP contribution in [-0.2, 0) is 0 Å². The van der Waals surface area contributed by atoms with E-state index in [1.807, 2.05) is 0 Å². The zero-order valence-electron chi connectivity index (χ0n) is 12.3. The second-order valence-electron chi connectivity index (χ2n) is 3.06. The van der Waals surface area contributed by atoms with Gasteiger partial charge in [-0.3, -0.25) is 0 Å². The summed E-state index contributed by atoms with van der Waals surface area (Å²) in [4.78, 5) is 3.95. The van der Waals surface area contributed by atoms with Crippen LogP contribution in [0, 0.1) is 0 Å². The molecule has 0 aliphatic heterocycles. The topological polar surface area (TPSA) is 78.1 Å². The predicted octanol–water partition coefficient (Wildman–Crippen LogP) is -2.86. The summed E-state index contributed by atoms with van der Waals surface area (Å²) in [6, 6.07) is 9.35. The van der Waals surface area contributed by atoms with Crippen LogP contribution in [0.2, 0.25) is 0 Å². The number of phenolic OH excluding ortho intramolecular Hbond substituents is 2. The fourth-order valence-corrected chi connectivity index (χ4v) is 1.11. The third-order valence-corrected chi connectivity index (χ3v) is 1.87. The SMILES string of the molecule is Oc1ccc(N=Nc2ccccn2)c(O)c1.[H-].[H-].[Na+].[Na+]. The van der Waals surface area contributed by atoms with Crippen molar-refractivity contribution in [3.8, 4) is 11.5 Å². The Hall–Kier alpha value is -0.430. The molecule has 0 bridgehead atoms. The Labute approximate surface area is 152 Å². The van der Waals surface area contributed by atoms with Crippen molar-refractivity contribution < 1.29 is 72.2 Å². The number of hydrogen-bond donors (Lipinski definition) is 2. The van der Waals surface area contributed by atoms with Crippen LogP contribution in [0.3, 0.4) is 0 Å². The first-order chi connectivity index (χ1) is 7.75. The number of pyridine rings is 1. The van der Waals surface area contributed by atoms with Crippen LogP contribution in [-0.4, -0.2) is 15.2 Å². The molecule has 1 aromatic heterocycles. The number of benzene rings is 1. The normalized spacial score (nSPS) is 9.56. The summed E-state index contributed by atoms with van der Waals surface area (Å²) in [5, 5.41) is 26.2. The first-order valence-corrected chi connectivity index (χ1v) is 4.60. The predicted molar refractivity (Wildman–Crippen MR) is 60.4 cm³/mol. The van der Waals surface area contributed by atoms with E-state index in [1.165, 1.54) is 18.2 Å². The molecule has 1 aromatic carbocycles. The van der Waals surface area contributed by atoms with Crippen LogP contribution in [0.4, 0.5) is 11.5 Å². The monoisotopic (exact) mass is 263 g/mol. The van der Waals surface area contributed by atoms with E-state index in [2.05, 4.69) is 15.2 Å². The molecule has 2 rings (SSSR count). The Balaban J connectivity index is -0.000000722. The molecule has 0 saturated carbocycles. The number of aromatic hydroxyl groups is 2. The minimum atomic E-state index is -0.125. The van der Waals surface area contributed by atoms with E-state index >= 15 is 0 Å². The molecule has 84 valence electrons. The van der Waals surface area contributed by atoms with Gasteiger partial charge in [-0.15, -0.1) is 10.2 Å². The van der Waals surface area contributed by atoms with Crippen molar-refractivity contribution >= 4 is 11.5 Å². The Bertz CT molecular complexity index is 530. The van der Waals surface area contributed by atoms with Crippen molar-refractivity contribution in [1.29, 1.82) is 0 Å². The van der Waals surface area contributed by atoms with Gasteiger partial charge in [0.1, 0.15) is 17.2 Å². The van der Waals surface area contributed by atoms with Crippen LogP contribution in [0.1, 0.15) is 2.85 Å². The molecule has 18 heavy (non-hydrogen) atoms. The smallest absolute Gasteiger partial charge is 1.00 e. The first-order valence-electron chi connectivity index (χ1n) is 4.60. The van der Waals surface area contributed by atoms with Gasteiger partial charge in [-0.2, -0.15) is 0 Å². The number of nitrogens with zero attached hydrogens (tertiary/aromatic N) is 3. The number of aromatic nitrogens is 1. The van der Waals surface area contributed by atoms with Crippen molar-refractivity contribution in [2.45, 2.75) is 0 Å². The zero-order chi connectivity index (χ0) is 11.4. The third-order valence-electron chi connectivity index (χ3n) is 1.87. The average Bonchev–Trinajstić information content (AvgIpc) is 2.29. The summed E-state index contributed by atoms with van der Waals surface area (Å²) in [6.07, 6.45) is 1.60. The standard InChI is InChI=1S/C11H9N3O2.2Na.2H/c15-8-4-5-9(10(16)7-8)13-14-11-3-1-2-6-12-11;;;;/h1-7,15-16H;;;;/q;2*+1;2*-1. The van der Waals surface area contributed by atoms with Gasteiger partial charge in [0.2, 0.25) is 0 Å². The van der Waals surface area contributed by atoms with Gasteiger partial charge in [0.05, 0.1) is 0 Å². The second kappa shape index (κ2) is 8.63. The minimum Gasteiger partial charge on any atom is -1.00 e. The molecular weight excluding hydrogens is 252 g/mol. The van der Waals surface area contributed by atoms with Gasteiger partial charge in [-0.25, -0.2) is 4.98 Å². The average molecular weight is 263 g/mol. The number of phenols is 2. The molecule has 0 radical (unpaired) electrons. The van der Waals surface area contributed by atoms with E-state index in [0.717, 1.165) is 0 Å². The molecule has 0 atom stereocenters. The Kier molecular flexibility index (Phi) is 8.43. The quantitative estimate of drug-likeness (QED) is 0.452. The fourth-order valence-electron chi connectivity index (χ4n) is 1.11. The molecule has 2 aromatic rings. The fraction of sp³-hybridized carbons (Fsp3) is 0. The first kappa shape index (κ1) is 17.6. The summed E-state index contributed by atoms with van der Waals surface area (Å²) in [6.45, 7) is 0. The van der Waals surface area contributed by atoms with E-state index in [1.54, 1.807) is 24.4 Å². The molecule has 2 N–H and O–H groups in total. The van der Waals surface area contributed by atoms with Gasteiger partial charge in [0.25, 0.3) is 0 Å². The number of rotatable bonds is 2. The van der Waals surface area contributed by atoms with Crippen molar-refractivity contribution in [1.82, 2.24) is 4.98 Å². The van der Waals surface area contributed by atoms with Crippen molar-refractivity contribution in [2.75, 3.05) is 0 Å². The molecule has 0 spiro atoms. The maximum Gasteiger partial charge on any atom is 1.00 e. The van der Waals surface area contributed by atoms with Gasteiger partial charge < -0.3 is 13.1 Å². The van der Waals surface area contributed by atoms with E-state index in [4.69, 9.17) is 5.11 Å². The van der Waals surface area contributed by atoms with E-state index in [-0.39, 0.29) is 79.2 Å². The maximum atomic E-state index is 9.44. The Morgan fingerprint density at radius 3 is 2.39 bits per heavy atom. The maximum absolute atomic E-state index is 9.44. The molecule has 1 heterocycles. The van der Waals surface area contributed by atoms with Crippen molar-refractivity contribution in [2.24, 2.45) is 10.2 Å². The Morgan fingerprint density at radius 1 is 1.00 bits per heavy atom. The number of hydrogen-bond acceptors (Lipinski definition) is 5. The molecular formula is C11H11N3Na2O2. The molecule has 7 heteroatoms. The third kappa shape index (κ3) is 5.06. The van der Waals surface area contributed by atoms with Crippen molar-refractivity contribution in [3.63, 3.8) is 0 Å². The van der Waals surface area contributed by atoms with Crippen molar-refractivity contribution in [3.05, 3.63) is 42.6 Å². The number of azo groups is 1. The summed E-state index contributed by atoms with van der Waals surface area (Å²) < 4.78 is 0. The second-order valence-corrected chi connectivity index (χ2v) is 3.06. The van der Waals surface area contributed by atoms with Crippen LogP contribution < -0.4 is 59.1 Å². The Morgan fingerprint density at radius 2 is 1.78 bits per heavy atom. The van der Waals surface area contributed by atoms with Gasteiger partial charge >= 0.3 is 59.1 Å². The van der Waals surface area contributed by atoms with Gasteiger partial charge in [0, 0.05) is 12.3 Å². The molecule has 0 amide bonds. The molecule has 5 nitrogen and oxygen atoms in total.